The molecule has 2 aromatic rings. The lowest BCUT2D eigenvalue weighted by Crippen LogP contribution is -2.36. The van der Waals surface area contributed by atoms with Crippen LogP contribution in [0.15, 0.2) is 27.5 Å². The molecular weight excluding hydrogens is 262 g/mol. The van der Waals surface area contributed by atoms with Crippen LogP contribution in [0.3, 0.4) is 0 Å². The Morgan fingerprint density at radius 1 is 1.42 bits per heavy atom. The Kier molecular flexibility index (Phi) is 2.17. The number of hydrogen-bond acceptors (Lipinski definition) is 5. The van der Waals surface area contributed by atoms with Crippen molar-refractivity contribution in [1.29, 1.82) is 0 Å². The Morgan fingerprint density at radius 2 is 2.32 bits per heavy atom. The SMILES string of the molecule is Nc1nc2c(o1)CCN1C(=O)CSc3cccc-2c31. The largest absolute Gasteiger partial charge is 0.428 e. The van der Waals surface area contributed by atoms with Gasteiger partial charge in [-0.25, -0.2) is 0 Å². The minimum atomic E-state index is 0.142. The van der Waals surface area contributed by atoms with E-state index < -0.39 is 0 Å². The van der Waals surface area contributed by atoms with Gasteiger partial charge in [-0.05, 0) is 6.07 Å². The second kappa shape index (κ2) is 3.77. The van der Waals surface area contributed by atoms with Crippen molar-refractivity contribution < 1.29 is 9.21 Å². The van der Waals surface area contributed by atoms with Crippen LogP contribution in [0, 0.1) is 0 Å². The van der Waals surface area contributed by atoms with Crippen molar-refractivity contribution in [2.45, 2.75) is 11.3 Å². The molecule has 6 heteroatoms. The van der Waals surface area contributed by atoms with Crippen LogP contribution < -0.4 is 10.6 Å². The summed E-state index contributed by atoms with van der Waals surface area (Å²) in [6.45, 7) is 0.616. The van der Waals surface area contributed by atoms with E-state index in [1.807, 2.05) is 23.1 Å². The van der Waals surface area contributed by atoms with Crippen LogP contribution in [0.4, 0.5) is 11.7 Å². The molecule has 1 amide bonds. The molecule has 0 bridgehead atoms. The molecular formula is C13H11N3O2S. The number of thioether (sulfide) groups is 1. The monoisotopic (exact) mass is 273 g/mol. The zero-order valence-electron chi connectivity index (χ0n) is 10.0. The van der Waals surface area contributed by atoms with Crippen LogP contribution in [-0.2, 0) is 11.2 Å². The van der Waals surface area contributed by atoms with E-state index >= 15 is 0 Å². The van der Waals surface area contributed by atoms with E-state index in [1.54, 1.807) is 11.8 Å². The van der Waals surface area contributed by atoms with Gasteiger partial charge in [-0.15, -0.1) is 11.8 Å². The molecule has 0 spiro atoms. The molecule has 2 aliphatic heterocycles. The molecule has 0 fully saturated rings. The molecule has 0 saturated carbocycles. The number of carbonyl (C=O) groups excluding carboxylic acids is 1. The van der Waals surface area contributed by atoms with E-state index in [2.05, 4.69) is 4.98 Å². The fourth-order valence-corrected chi connectivity index (χ4v) is 3.62. The molecule has 4 rings (SSSR count). The van der Waals surface area contributed by atoms with Gasteiger partial charge < -0.3 is 15.1 Å². The van der Waals surface area contributed by atoms with Gasteiger partial charge in [-0.3, -0.25) is 4.79 Å². The summed E-state index contributed by atoms with van der Waals surface area (Å²) < 4.78 is 5.45. The number of nitrogens with two attached hydrogens (primary N) is 1. The van der Waals surface area contributed by atoms with Gasteiger partial charge in [0, 0.05) is 23.4 Å². The quantitative estimate of drug-likeness (QED) is 0.794. The minimum absolute atomic E-state index is 0.142. The van der Waals surface area contributed by atoms with Gasteiger partial charge in [0.1, 0.15) is 11.5 Å². The Balaban J connectivity index is 2.03. The molecule has 1 aromatic heterocycles. The van der Waals surface area contributed by atoms with E-state index in [4.69, 9.17) is 10.2 Å². The molecule has 0 atom stereocenters. The Morgan fingerprint density at radius 3 is 3.21 bits per heavy atom. The predicted octanol–water partition coefficient (Wildman–Crippen LogP) is 1.92. The third-order valence-corrected chi connectivity index (χ3v) is 4.48. The van der Waals surface area contributed by atoms with Crippen molar-refractivity contribution in [3.63, 3.8) is 0 Å². The number of amides is 1. The van der Waals surface area contributed by atoms with Crippen molar-refractivity contribution in [3.05, 3.63) is 24.0 Å². The molecule has 2 N–H and O–H groups in total. The third kappa shape index (κ3) is 1.49. The zero-order valence-corrected chi connectivity index (χ0v) is 10.9. The first-order chi connectivity index (χ1) is 9.24. The molecule has 0 unspecified atom stereocenters. The van der Waals surface area contributed by atoms with E-state index in [-0.39, 0.29) is 11.9 Å². The molecule has 0 radical (unpaired) electrons. The van der Waals surface area contributed by atoms with Crippen LogP contribution in [-0.4, -0.2) is 23.2 Å². The van der Waals surface area contributed by atoms with Gasteiger partial charge >= 0.3 is 0 Å². The molecule has 19 heavy (non-hydrogen) atoms. The number of fused-ring (bicyclic) bond motifs is 2. The average Bonchev–Trinajstić information content (AvgIpc) is 2.71. The molecule has 3 heterocycles. The number of para-hydroxylation sites is 1. The molecule has 1 aromatic carbocycles. The van der Waals surface area contributed by atoms with Crippen LogP contribution in [0.2, 0.25) is 0 Å². The second-order valence-electron chi connectivity index (χ2n) is 4.56. The highest BCUT2D eigenvalue weighted by Crippen LogP contribution is 2.45. The number of aromatic nitrogens is 1. The lowest BCUT2D eigenvalue weighted by atomic mass is 10.1. The summed E-state index contributed by atoms with van der Waals surface area (Å²) in [6.07, 6.45) is 0.643. The fourth-order valence-electron chi connectivity index (χ4n) is 2.65. The zero-order chi connectivity index (χ0) is 13.0. The van der Waals surface area contributed by atoms with Crippen LogP contribution in [0.5, 0.6) is 0 Å². The lowest BCUT2D eigenvalue weighted by molar-refractivity contribution is -0.116. The Hall–Kier alpha value is -1.95. The first-order valence-corrected chi connectivity index (χ1v) is 7.04. The van der Waals surface area contributed by atoms with Crippen molar-refractivity contribution in [1.82, 2.24) is 4.98 Å². The van der Waals surface area contributed by atoms with Gasteiger partial charge in [-0.1, -0.05) is 12.1 Å². The highest BCUT2D eigenvalue weighted by atomic mass is 32.2. The van der Waals surface area contributed by atoms with Crippen LogP contribution >= 0.6 is 11.8 Å². The molecule has 0 saturated heterocycles. The van der Waals surface area contributed by atoms with Crippen molar-refractivity contribution >= 4 is 29.4 Å². The number of rotatable bonds is 0. The normalized spacial score (nSPS) is 16.8. The number of oxazole rings is 1. The average molecular weight is 273 g/mol. The summed E-state index contributed by atoms with van der Waals surface area (Å²) >= 11 is 1.57. The van der Waals surface area contributed by atoms with E-state index in [1.165, 1.54) is 0 Å². The van der Waals surface area contributed by atoms with Gasteiger partial charge in [-0.2, -0.15) is 4.98 Å². The van der Waals surface area contributed by atoms with E-state index in [0.29, 0.717) is 18.7 Å². The summed E-state index contributed by atoms with van der Waals surface area (Å²) in [5, 5.41) is 0. The van der Waals surface area contributed by atoms with Gasteiger partial charge in [0.05, 0.1) is 11.4 Å². The number of nitrogen functional groups attached to an aromatic ring is 1. The first kappa shape index (κ1) is 10.9. The van der Waals surface area contributed by atoms with E-state index in [0.717, 1.165) is 27.6 Å². The summed E-state index contributed by atoms with van der Waals surface area (Å²) in [5.74, 6) is 1.40. The third-order valence-electron chi connectivity index (χ3n) is 3.45. The van der Waals surface area contributed by atoms with Crippen molar-refractivity contribution in [3.8, 4) is 11.3 Å². The standard InChI is InChI=1S/C13H11N3O2S/c14-13-15-11-7-2-1-3-9-12(7)16(10(17)6-19-9)5-4-8(11)18-13/h1-3H,4-6H2,(H2,14,15). The number of carbonyl (C=O) groups is 1. The van der Waals surface area contributed by atoms with Crippen molar-refractivity contribution in [2.75, 3.05) is 22.9 Å². The summed E-state index contributed by atoms with van der Waals surface area (Å²) in [6, 6.07) is 6.18. The number of anilines is 2. The van der Waals surface area contributed by atoms with E-state index in [9.17, 15) is 4.79 Å². The maximum atomic E-state index is 12.1. The number of nitrogens with zero attached hydrogens (tertiary/aromatic N) is 2. The molecule has 96 valence electrons. The molecule has 2 aliphatic rings. The van der Waals surface area contributed by atoms with Crippen molar-refractivity contribution in [2.24, 2.45) is 0 Å². The fraction of sp³-hybridized carbons (Fsp3) is 0.231. The topological polar surface area (TPSA) is 72.4 Å². The second-order valence-corrected chi connectivity index (χ2v) is 5.58. The summed E-state index contributed by atoms with van der Waals surface area (Å²) in [5.41, 5.74) is 8.31. The first-order valence-electron chi connectivity index (χ1n) is 6.06. The molecule has 5 nitrogen and oxygen atoms in total. The predicted molar refractivity (Wildman–Crippen MR) is 73.1 cm³/mol. The molecule has 0 aliphatic carbocycles. The van der Waals surface area contributed by atoms with Gasteiger partial charge in [0.15, 0.2) is 0 Å². The number of benzene rings is 1. The maximum absolute atomic E-state index is 12.1. The summed E-state index contributed by atoms with van der Waals surface area (Å²) in [4.78, 5) is 19.3. The Labute approximate surface area is 113 Å². The van der Waals surface area contributed by atoms with Crippen LogP contribution in [0.25, 0.3) is 11.3 Å². The lowest BCUT2D eigenvalue weighted by Gasteiger charge is -2.29. The minimum Gasteiger partial charge on any atom is -0.428 e. The van der Waals surface area contributed by atoms with Gasteiger partial charge in [0.2, 0.25) is 5.91 Å². The Bertz CT molecular complexity index is 695. The smallest absolute Gasteiger partial charge is 0.292 e. The number of hydrogen-bond donors (Lipinski definition) is 1. The highest BCUT2D eigenvalue weighted by molar-refractivity contribution is 8.00. The maximum Gasteiger partial charge on any atom is 0.292 e. The van der Waals surface area contributed by atoms with Gasteiger partial charge in [0.25, 0.3) is 6.01 Å². The highest BCUT2D eigenvalue weighted by Gasteiger charge is 2.32. The van der Waals surface area contributed by atoms with Crippen LogP contribution in [0.1, 0.15) is 5.76 Å². The summed E-state index contributed by atoms with van der Waals surface area (Å²) in [7, 11) is 0.